The molecule has 7 heteroatoms. The van der Waals surface area contributed by atoms with Gasteiger partial charge in [-0.3, -0.25) is 4.79 Å². The Balaban J connectivity index is 1.58. The number of carbonyl (C=O) groups excluding carboxylic acids is 2. The zero-order chi connectivity index (χ0) is 20.1. The molecule has 0 fully saturated rings. The lowest BCUT2D eigenvalue weighted by molar-refractivity contribution is -0.125. The third kappa shape index (κ3) is 4.48. The van der Waals surface area contributed by atoms with E-state index in [1.807, 2.05) is 43.5 Å². The molecule has 0 spiro atoms. The van der Waals surface area contributed by atoms with E-state index >= 15 is 0 Å². The summed E-state index contributed by atoms with van der Waals surface area (Å²) in [7, 11) is 1.48. The summed E-state index contributed by atoms with van der Waals surface area (Å²) in [6.07, 6.45) is 1.93. The van der Waals surface area contributed by atoms with Crippen molar-refractivity contribution in [2.45, 2.75) is 17.9 Å². The van der Waals surface area contributed by atoms with Crippen LogP contribution in [0, 0.1) is 0 Å². The number of fused-ring (bicyclic) bond motifs is 1. The van der Waals surface area contributed by atoms with Gasteiger partial charge in [0.2, 0.25) is 0 Å². The van der Waals surface area contributed by atoms with E-state index < -0.39 is 18.5 Å². The first-order chi connectivity index (χ1) is 13.5. The minimum Gasteiger partial charge on any atom is -0.496 e. The molecular weight excluding hydrogens is 378 g/mol. The molecule has 1 heterocycles. The first kappa shape index (κ1) is 19.8. The Bertz CT molecular complexity index is 964. The summed E-state index contributed by atoms with van der Waals surface area (Å²) < 4.78 is 16.1. The molecule has 0 aliphatic rings. The predicted molar refractivity (Wildman–Crippen MR) is 108 cm³/mol. The zero-order valence-electron chi connectivity index (χ0n) is 15.9. The number of nitrogens with one attached hydrogen (secondary N) is 1. The number of rotatable bonds is 7. The minimum absolute atomic E-state index is 0.276. The lowest BCUT2D eigenvalue weighted by atomic mass is 10.2. The van der Waals surface area contributed by atoms with Crippen molar-refractivity contribution in [3.8, 4) is 5.75 Å². The van der Waals surface area contributed by atoms with Crippen LogP contribution < -0.4 is 10.1 Å². The Labute approximate surface area is 167 Å². The van der Waals surface area contributed by atoms with Crippen LogP contribution >= 0.6 is 11.8 Å². The van der Waals surface area contributed by atoms with E-state index in [0.29, 0.717) is 11.5 Å². The number of esters is 1. The number of amides is 1. The highest BCUT2D eigenvalue weighted by molar-refractivity contribution is 7.98. The van der Waals surface area contributed by atoms with Crippen molar-refractivity contribution in [3.63, 3.8) is 0 Å². The van der Waals surface area contributed by atoms with Gasteiger partial charge < -0.3 is 19.2 Å². The van der Waals surface area contributed by atoms with Gasteiger partial charge in [0.15, 0.2) is 6.61 Å². The summed E-state index contributed by atoms with van der Waals surface area (Å²) in [5.41, 5.74) is 1.03. The molecule has 0 saturated carbocycles. The van der Waals surface area contributed by atoms with Crippen molar-refractivity contribution in [3.05, 3.63) is 59.9 Å². The second-order valence-corrected chi connectivity index (χ2v) is 7.00. The summed E-state index contributed by atoms with van der Waals surface area (Å²) in [5.74, 6) is 0.0140. The highest BCUT2D eigenvalue weighted by atomic mass is 32.2. The number of furan rings is 1. The highest BCUT2D eigenvalue weighted by Crippen LogP contribution is 2.26. The molecule has 146 valence electrons. The Morgan fingerprint density at radius 1 is 1.18 bits per heavy atom. The smallest absolute Gasteiger partial charge is 0.342 e. The number of hydrogen-bond acceptors (Lipinski definition) is 6. The van der Waals surface area contributed by atoms with Gasteiger partial charge >= 0.3 is 5.97 Å². The van der Waals surface area contributed by atoms with Gasteiger partial charge in [-0.05, 0) is 43.5 Å². The van der Waals surface area contributed by atoms with Crippen LogP contribution in [-0.2, 0) is 9.53 Å². The molecule has 28 heavy (non-hydrogen) atoms. The van der Waals surface area contributed by atoms with Crippen LogP contribution in [0.1, 0.15) is 29.1 Å². The normalized spacial score (nSPS) is 11.8. The van der Waals surface area contributed by atoms with E-state index in [0.717, 1.165) is 15.9 Å². The number of para-hydroxylation sites is 1. The van der Waals surface area contributed by atoms with Gasteiger partial charge in [0, 0.05) is 10.3 Å². The molecule has 0 aliphatic carbocycles. The SMILES string of the molecule is COc1cc(SC)ccc1C(=O)OCC(=O)N[C@@H](C)c1cc2ccccc2o1. The number of methoxy groups -OCH3 is 1. The van der Waals surface area contributed by atoms with Crippen molar-refractivity contribution < 1.29 is 23.5 Å². The monoisotopic (exact) mass is 399 g/mol. The topological polar surface area (TPSA) is 77.8 Å². The third-order valence-electron chi connectivity index (χ3n) is 4.21. The zero-order valence-corrected chi connectivity index (χ0v) is 16.7. The van der Waals surface area contributed by atoms with Crippen molar-refractivity contribution in [2.75, 3.05) is 20.0 Å². The van der Waals surface area contributed by atoms with Gasteiger partial charge in [-0.1, -0.05) is 18.2 Å². The second kappa shape index (κ2) is 8.84. The summed E-state index contributed by atoms with van der Waals surface area (Å²) in [5, 5.41) is 3.73. The maximum absolute atomic E-state index is 12.3. The average Bonchev–Trinajstić information content (AvgIpc) is 3.16. The molecule has 1 amide bonds. The molecule has 0 unspecified atom stereocenters. The predicted octanol–water partition coefficient (Wildman–Crippen LogP) is 4.20. The van der Waals surface area contributed by atoms with Gasteiger partial charge in [0.1, 0.15) is 22.7 Å². The Morgan fingerprint density at radius 3 is 2.68 bits per heavy atom. The fourth-order valence-electron chi connectivity index (χ4n) is 2.75. The molecule has 3 rings (SSSR count). The highest BCUT2D eigenvalue weighted by Gasteiger charge is 2.18. The van der Waals surface area contributed by atoms with E-state index in [9.17, 15) is 9.59 Å². The maximum atomic E-state index is 12.3. The molecule has 0 radical (unpaired) electrons. The number of ether oxygens (including phenoxy) is 2. The number of thioether (sulfide) groups is 1. The first-order valence-corrected chi connectivity index (χ1v) is 9.91. The molecular formula is C21H21NO5S. The molecule has 0 aliphatic heterocycles. The van der Waals surface area contributed by atoms with Gasteiger partial charge in [0.25, 0.3) is 5.91 Å². The van der Waals surface area contributed by atoms with Crippen LogP contribution in [0.4, 0.5) is 0 Å². The fourth-order valence-corrected chi connectivity index (χ4v) is 3.18. The molecule has 3 aromatic rings. The summed E-state index contributed by atoms with van der Waals surface area (Å²) in [4.78, 5) is 25.4. The van der Waals surface area contributed by atoms with E-state index in [4.69, 9.17) is 13.9 Å². The molecule has 6 nitrogen and oxygen atoms in total. The molecule has 0 bridgehead atoms. The standard InChI is InChI=1S/C21H21NO5S/c1-13(18-10-14-6-4-5-7-17(14)27-18)22-20(23)12-26-21(24)16-9-8-15(28-3)11-19(16)25-2/h4-11,13H,12H2,1-3H3,(H,22,23)/t13-/m0/s1. The lowest BCUT2D eigenvalue weighted by Crippen LogP contribution is -2.31. The Hall–Kier alpha value is -2.93. The molecule has 1 atom stereocenters. The largest absolute Gasteiger partial charge is 0.496 e. The van der Waals surface area contributed by atoms with E-state index in [2.05, 4.69) is 5.32 Å². The second-order valence-electron chi connectivity index (χ2n) is 6.12. The van der Waals surface area contributed by atoms with Crippen LogP contribution in [0.15, 0.2) is 57.8 Å². The van der Waals surface area contributed by atoms with Gasteiger partial charge in [-0.25, -0.2) is 4.79 Å². The quantitative estimate of drug-likeness (QED) is 0.474. The average molecular weight is 399 g/mol. The van der Waals surface area contributed by atoms with Crippen molar-refractivity contribution in [2.24, 2.45) is 0 Å². The fraction of sp³-hybridized carbons (Fsp3) is 0.238. The first-order valence-electron chi connectivity index (χ1n) is 8.69. The van der Waals surface area contributed by atoms with Crippen molar-refractivity contribution in [1.82, 2.24) is 5.32 Å². The summed E-state index contributed by atoms with van der Waals surface area (Å²) >= 11 is 1.54. The third-order valence-corrected chi connectivity index (χ3v) is 4.94. The van der Waals surface area contributed by atoms with Crippen LogP contribution in [0.25, 0.3) is 11.0 Å². The van der Waals surface area contributed by atoms with Gasteiger partial charge in [-0.2, -0.15) is 0 Å². The van der Waals surface area contributed by atoms with Crippen molar-refractivity contribution in [1.29, 1.82) is 0 Å². The van der Waals surface area contributed by atoms with Crippen LogP contribution in [0.5, 0.6) is 5.75 Å². The Kier molecular flexibility index (Phi) is 6.26. The summed E-state index contributed by atoms with van der Waals surface area (Å²) in [6.45, 7) is 1.42. The molecule has 1 aromatic heterocycles. The van der Waals surface area contributed by atoms with Crippen molar-refractivity contribution >= 4 is 34.6 Å². The molecule has 1 N–H and O–H groups in total. The Morgan fingerprint density at radius 2 is 1.96 bits per heavy atom. The number of carbonyl (C=O) groups is 2. The summed E-state index contributed by atoms with van der Waals surface area (Å²) in [6, 6.07) is 14.3. The number of hydrogen-bond donors (Lipinski definition) is 1. The maximum Gasteiger partial charge on any atom is 0.342 e. The lowest BCUT2D eigenvalue weighted by Gasteiger charge is -2.12. The van der Waals surface area contributed by atoms with Gasteiger partial charge in [-0.15, -0.1) is 11.8 Å². The molecule has 2 aromatic carbocycles. The van der Waals surface area contributed by atoms with E-state index in [1.165, 1.54) is 18.9 Å². The van der Waals surface area contributed by atoms with E-state index in [-0.39, 0.29) is 11.6 Å². The van der Waals surface area contributed by atoms with Crippen LogP contribution in [-0.4, -0.2) is 31.8 Å². The van der Waals surface area contributed by atoms with E-state index in [1.54, 1.807) is 18.2 Å². The van der Waals surface area contributed by atoms with Gasteiger partial charge in [0.05, 0.1) is 13.2 Å². The molecule has 0 saturated heterocycles. The van der Waals surface area contributed by atoms with Crippen LogP contribution in [0.3, 0.4) is 0 Å². The number of benzene rings is 2. The van der Waals surface area contributed by atoms with Crippen LogP contribution in [0.2, 0.25) is 0 Å². The minimum atomic E-state index is -0.615.